The Balaban J connectivity index is 1.52. The van der Waals surface area contributed by atoms with Crippen molar-refractivity contribution in [3.05, 3.63) is 66.1 Å². The monoisotopic (exact) mass is 490 g/mol. The maximum absolute atomic E-state index is 14.8. The highest BCUT2D eigenvalue weighted by Gasteiger charge is 2.51. The van der Waals surface area contributed by atoms with Gasteiger partial charge in [-0.1, -0.05) is 24.3 Å². The van der Waals surface area contributed by atoms with Gasteiger partial charge in [0.05, 0.1) is 22.6 Å². The Hall–Kier alpha value is -3.38. The van der Waals surface area contributed by atoms with Gasteiger partial charge in [0.25, 0.3) is 0 Å². The van der Waals surface area contributed by atoms with Gasteiger partial charge < -0.3 is 14.6 Å². The molecule has 2 N–H and O–H groups in total. The molecule has 4 rings (SSSR count). The average molecular weight is 490 g/mol. The van der Waals surface area contributed by atoms with Gasteiger partial charge >= 0.3 is 19.3 Å². The molecule has 2 aromatic carbocycles. The topological polar surface area (TPSA) is 77.4 Å². The molecule has 1 aromatic heterocycles. The summed E-state index contributed by atoms with van der Waals surface area (Å²) in [6.07, 6.45) is -4.72. The smallest absolute Gasteiger partial charge is 0.399 e. The van der Waals surface area contributed by atoms with Crippen LogP contribution in [0.15, 0.2) is 54.6 Å². The molecule has 35 heavy (non-hydrogen) atoms. The van der Waals surface area contributed by atoms with Gasteiger partial charge in [-0.05, 0) is 57.4 Å². The summed E-state index contributed by atoms with van der Waals surface area (Å²) in [6, 6.07) is 11.8. The van der Waals surface area contributed by atoms with Crippen molar-refractivity contribution in [2.75, 3.05) is 10.6 Å². The standard InChI is InChI=1S/C23H23BF4N4O3/c1-21(2)22(3,4)35-24(34-21)14-10-11-17(16(25)12-14)29-20(33)30-19-13-18(23(26,27)28)31-32(19)15-8-6-5-7-9-15/h5-13H,1-4H3,(H2,29,30,33). The van der Waals surface area contributed by atoms with E-state index in [2.05, 4.69) is 15.7 Å². The summed E-state index contributed by atoms with van der Waals surface area (Å²) in [5.41, 5.74) is -1.86. The van der Waals surface area contributed by atoms with E-state index in [0.717, 1.165) is 4.68 Å². The lowest BCUT2D eigenvalue weighted by atomic mass is 9.79. The lowest BCUT2D eigenvalue weighted by Crippen LogP contribution is -2.41. The fraction of sp³-hybridized carbons (Fsp3) is 0.304. The van der Waals surface area contributed by atoms with E-state index >= 15 is 0 Å². The summed E-state index contributed by atoms with van der Waals surface area (Å²) >= 11 is 0. The van der Waals surface area contributed by atoms with Crippen molar-refractivity contribution in [2.24, 2.45) is 0 Å². The molecule has 0 radical (unpaired) electrons. The Morgan fingerprint density at radius 3 is 2.17 bits per heavy atom. The number of halogens is 4. The summed E-state index contributed by atoms with van der Waals surface area (Å²) in [4.78, 5) is 12.5. The predicted octanol–water partition coefficient (Wildman–Crippen LogP) is 4.97. The number of rotatable bonds is 4. The number of aromatic nitrogens is 2. The molecule has 1 aliphatic heterocycles. The quantitative estimate of drug-likeness (QED) is 0.400. The number of anilines is 2. The van der Waals surface area contributed by atoms with Crippen LogP contribution in [0.25, 0.3) is 5.69 Å². The number of carbonyl (C=O) groups is 1. The summed E-state index contributed by atoms with van der Waals surface area (Å²) in [5, 5.41) is 8.17. The predicted molar refractivity (Wildman–Crippen MR) is 123 cm³/mol. The van der Waals surface area contributed by atoms with E-state index in [9.17, 15) is 22.4 Å². The van der Waals surface area contributed by atoms with E-state index in [4.69, 9.17) is 9.31 Å². The van der Waals surface area contributed by atoms with E-state index in [1.165, 1.54) is 30.3 Å². The van der Waals surface area contributed by atoms with Crippen molar-refractivity contribution < 1.29 is 31.7 Å². The molecule has 0 saturated carbocycles. The summed E-state index contributed by atoms with van der Waals surface area (Å²) in [6.45, 7) is 7.48. The minimum atomic E-state index is -4.72. The van der Waals surface area contributed by atoms with Crippen LogP contribution in [0, 0.1) is 5.82 Å². The van der Waals surface area contributed by atoms with E-state index in [1.54, 1.807) is 18.2 Å². The molecule has 2 amide bonds. The number of nitrogens with one attached hydrogen (secondary N) is 2. The molecule has 0 unspecified atom stereocenters. The molecule has 0 bridgehead atoms. The second-order valence-electron chi connectivity index (χ2n) is 9.07. The molecule has 1 aliphatic rings. The van der Waals surface area contributed by atoms with E-state index < -0.39 is 42.0 Å². The van der Waals surface area contributed by atoms with Gasteiger partial charge in [-0.2, -0.15) is 18.3 Å². The first kappa shape index (κ1) is 24.7. The van der Waals surface area contributed by atoms with E-state index in [1.807, 2.05) is 27.7 Å². The lowest BCUT2D eigenvalue weighted by molar-refractivity contribution is -0.141. The Kier molecular flexibility index (Phi) is 6.14. The summed E-state index contributed by atoms with van der Waals surface area (Å²) in [7, 11) is -0.793. The maximum Gasteiger partial charge on any atom is 0.494 e. The number of carbonyl (C=O) groups excluding carboxylic acids is 1. The number of alkyl halides is 3. The number of benzene rings is 2. The summed E-state index contributed by atoms with van der Waals surface area (Å²) < 4.78 is 67.2. The van der Waals surface area contributed by atoms with Crippen molar-refractivity contribution >= 4 is 30.1 Å². The van der Waals surface area contributed by atoms with Crippen LogP contribution < -0.4 is 16.1 Å². The number of hydrogen-bond donors (Lipinski definition) is 2. The minimum Gasteiger partial charge on any atom is -0.399 e. The second kappa shape index (κ2) is 8.69. The van der Waals surface area contributed by atoms with Gasteiger partial charge in [0.1, 0.15) is 11.6 Å². The fourth-order valence-electron chi connectivity index (χ4n) is 3.40. The van der Waals surface area contributed by atoms with Crippen molar-refractivity contribution in [1.29, 1.82) is 0 Å². The van der Waals surface area contributed by atoms with Crippen molar-refractivity contribution in [3.8, 4) is 5.69 Å². The first-order valence-corrected chi connectivity index (χ1v) is 10.7. The van der Waals surface area contributed by atoms with Gasteiger partial charge in [-0.25, -0.2) is 13.9 Å². The molecular formula is C23H23BF4N4O3. The van der Waals surface area contributed by atoms with Crippen LogP contribution in [0.2, 0.25) is 0 Å². The van der Waals surface area contributed by atoms with Crippen LogP contribution >= 0.6 is 0 Å². The van der Waals surface area contributed by atoms with Crippen molar-refractivity contribution in [1.82, 2.24) is 9.78 Å². The Labute approximate surface area is 199 Å². The highest BCUT2D eigenvalue weighted by atomic mass is 19.4. The highest BCUT2D eigenvalue weighted by Crippen LogP contribution is 2.36. The molecule has 12 heteroatoms. The van der Waals surface area contributed by atoms with Gasteiger partial charge in [-0.15, -0.1) is 0 Å². The molecule has 2 heterocycles. The number of nitrogens with zero attached hydrogens (tertiary/aromatic N) is 2. The fourth-order valence-corrected chi connectivity index (χ4v) is 3.40. The molecule has 1 saturated heterocycles. The maximum atomic E-state index is 14.8. The molecule has 0 atom stereocenters. The van der Waals surface area contributed by atoms with Crippen molar-refractivity contribution in [3.63, 3.8) is 0 Å². The van der Waals surface area contributed by atoms with E-state index in [0.29, 0.717) is 17.2 Å². The largest absolute Gasteiger partial charge is 0.494 e. The third-order valence-corrected chi connectivity index (χ3v) is 6.01. The Morgan fingerprint density at radius 1 is 0.971 bits per heavy atom. The number of hydrogen-bond acceptors (Lipinski definition) is 4. The zero-order valence-corrected chi connectivity index (χ0v) is 19.4. The van der Waals surface area contributed by atoms with Crippen molar-refractivity contribution in [2.45, 2.75) is 45.1 Å². The minimum absolute atomic E-state index is 0.176. The zero-order chi connectivity index (χ0) is 25.6. The van der Waals surface area contributed by atoms with Gasteiger partial charge in [0.15, 0.2) is 5.69 Å². The molecule has 3 aromatic rings. The van der Waals surface area contributed by atoms with Gasteiger partial charge in [-0.3, -0.25) is 5.32 Å². The zero-order valence-electron chi connectivity index (χ0n) is 19.4. The first-order chi connectivity index (χ1) is 16.3. The molecule has 0 spiro atoms. The van der Waals surface area contributed by atoms with Crippen LogP contribution in [0.3, 0.4) is 0 Å². The van der Waals surface area contributed by atoms with Gasteiger partial charge in [0, 0.05) is 6.07 Å². The Morgan fingerprint density at radius 2 is 1.60 bits per heavy atom. The normalized spacial score (nSPS) is 16.9. The molecule has 7 nitrogen and oxygen atoms in total. The van der Waals surface area contributed by atoms with Crippen LogP contribution in [0.5, 0.6) is 0 Å². The Bertz CT molecular complexity index is 1230. The molecular weight excluding hydrogens is 467 g/mol. The van der Waals surface area contributed by atoms with E-state index in [-0.39, 0.29) is 11.5 Å². The summed E-state index contributed by atoms with van der Waals surface area (Å²) in [5.74, 6) is -1.00. The van der Waals surface area contributed by atoms with Crippen LogP contribution in [-0.2, 0) is 15.5 Å². The number of amides is 2. The molecule has 184 valence electrons. The third-order valence-electron chi connectivity index (χ3n) is 6.01. The second-order valence-corrected chi connectivity index (χ2v) is 9.07. The lowest BCUT2D eigenvalue weighted by Gasteiger charge is -2.32. The highest BCUT2D eigenvalue weighted by molar-refractivity contribution is 6.62. The molecule has 0 aliphatic carbocycles. The number of urea groups is 1. The van der Waals surface area contributed by atoms with Crippen LogP contribution in [0.1, 0.15) is 33.4 Å². The SMILES string of the molecule is CC1(C)OB(c2ccc(NC(=O)Nc3cc(C(F)(F)F)nn3-c3ccccc3)c(F)c2)OC1(C)C. The first-order valence-electron chi connectivity index (χ1n) is 10.7. The van der Waals surface area contributed by atoms with Gasteiger partial charge in [0.2, 0.25) is 0 Å². The third kappa shape index (κ3) is 5.03. The number of para-hydroxylation sites is 1. The van der Waals surface area contributed by atoms with Crippen LogP contribution in [-0.4, -0.2) is 34.1 Å². The molecule has 1 fully saturated rings. The average Bonchev–Trinajstić information content (AvgIpc) is 3.28. The van der Waals surface area contributed by atoms with Crippen LogP contribution in [0.4, 0.5) is 33.9 Å².